The van der Waals surface area contributed by atoms with Crippen molar-refractivity contribution in [3.8, 4) is 0 Å². The fourth-order valence-electron chi connectivity index (χ4n) is 6.85. The van der Waals surface area contributed by atoms with Gasteiger partial charge < -0.3 is 30.5 Å². The number of hydrogen-bond acceptors (Lipinski definition) is 10. The Kier molecular flexibility index (Phi) is 14.2. The summed E-state index contributed by atoms with van der Waals surface area (Å²) in [5.41, 5.74) is -1.98. The van der Waals surface area contributed by atoms with E-state index in [1.165, 1.54) is 17.0 Å². The molecule has 5 N–H and O–H groups in total. The lowest BCUT2D eigenvalue weighted by molar-refractivity contribution is -0.139. The molecule has 4 atom stereocenters. The molecule has 4 rings (SSSR count). The molecule has 0 spiro atoms. The summed E-state index contributed by atoms with van der Waals surface area (Å²) in [5, 5.41) is 17.8. The Hall–Kier alpha value is -4.34. The van der Waals surface area contributed by atoms with Crippen molar-refractivity contribution in [3.63, 3.8) is 0 Å². The van der Waals surface area contributed by atoms with Gasteiger partial charge in [0.2, 0.25) is 5.91 Å². The van der Waals surface area contributed by atoms with E-state index in [1.807, 2.05) is 0 Å². The third-order valence-electron chi connectivity index (χ3n) is 9.79. The molecule has 1 aliphatic heterocycles. The average Bonchev–Trinajstić information content (AvgIpc) is 3.39. The molecule has 15 nitrogen and oxygen atoms in total. The van der Waals surface area contributed by atoms with Crippen LogP contribution in [0.2, 0.25) is 0 Å². The first-order valence-corrected chi connectivity index (χ1v) is 20.1. The Balaban J connectivity index is 1.24. The molecule has 53 heavy (non-hydrogen) atoms. The summed E-state index contributed by atoms with van der Waals surface area (Å²) in [6.07, 6.45) is 8.69. The first kappa shape index (κ1) is 41.4. The number of ether oxygens (including phenoxy) is 2. The van der Waals surface area contributed by atoms with Gasteiger partial charge in [0.1, 0.15) is 34.2 Å². The molecular formula is C37H55N5O10S. The fraction of sp³-hybridized carbons (Fsp3) is 0.649. The van der Waals surface area contributed by atoms with Gasteiger partial charge in [0.25, 0.3) is 15.9 Å². The number of nitrogens with zero attached hydrogens (tertiary/aromatic N) is 1. The van der Waals surface area contributed by atoms with Gasteiger partial charge in [0, 0.05) is 19.0 Å². The number of carboxylic acids is 1. The zero-order valence-corrected chi connectivity index (χ0v) is 31.8. The zero-order valence-electron chi connectivity index (χ0n) is 31.0. The fourth-order valence-corrected chi connectivity index (χ4v) is 8.07. The van der Waals surface area contributed by atoms with Gasteiger partial charge in [-0.05, 0) is 90.7 Å². The number of anilines is 1. The molecule has 3 fully saturated rings. The number of hydrogen-bond donors (Lipinski definition) is 5. The van der Waals surface area contributed by atoms with E-state index >= 15 is 0 Å². The maximum Gasteiger partial charge on any atom is 0.410 e. The van der Waals surface area contributed by atoms with Crippen LogP contribution < -0.4 is 20.7 Å². The predicted octanol–water partition coefficient (Wildman–Crippen LogP) is 4.83. The minimum absolute atomic E-state index is 0.129. The highest BCUT2D eigenvalue weighted by Gasteiger charge is 2.61. The van der Waals surface area contributed by atoms with Crippen LogP contribution in [0.4, 0.5) is 15.3 Å². The lowest BCUT2D eigenvalue weighted by atomic mass is 10.1. The highest BCUT2D eigenvalue weighted by molar-refractivity contribution is 7.90. The van der Waals surface area contributed by atoms with Gasteiger partial charge in [-0.2, -0.15) is 0 Å². The second kappa shape index (κ2) is 18.1. The van der Waals surface area contributed by atoms with Crippen molar-refractivity contribution >= 4 is 45.7 Å². The minimum Gasteiger partial charge on any atom is -0.480 e. The average molecular weight is 762 g/mol. The van der Waals surface area contributed by atoms with Crippen molar-refractivity contribution in [3.05, 3.63) is 36.9 Å². The first-order chi connectivity index (χ1) is 25.1. The van der Waals surface area contributed by atoms with Gasteiger partial charge in [0.05, 0.1) is 5.69 Å². The van der Waals surface area contributed by atoms with Crippen molar-refractivity contribution in [1.82, 2.24) is 20.3 Å². The van der Waals surface area contributed by atoms with Crippen LogP contribution in [0.25, 0.3) is 0 Å². The van der Waals surface area contributed by atoms with Crippen LogP contribution in [0.3, 0.4) is 0 Å². The van der Waals surface area contributed by atoms with Gasteiger partial charge in [0.15, 0.2) is 0 Å². The van der Waals surface area contributed by atoms with Gasteiger partial charge in [-0.1, -0.05) is 43.9 Å². The summed E-state index contributed by atoms with van der Waals surface area (Å²) in [7, 11) is -4.37. The lowest BCUT2D eigenvalue weighted by Crippen LogP contribution is -2.56. The number of benzene rings is 1. The number of sulfonamides is 1. The Bertz CT molecular complexity index is 1610. The number of rotatable bonds is 18. The molecule has 2 aliphatic carbocycles. The molecule has 3 aliphatic rings. The molecule has 1 aromatic carbocycles. The van der Waals surface area contributed by atoms with Gasteiger partial charge >= 0.3 is 18.2 Å². The van der Waals surface area contributed by atoms with Crippen molar-refractivity contribution in [2.45, 2.75) is 138 Å². The van der Waals surface area contributed by atoms with Crippen LogP contribution in [-0.4, -0.2) is 90.8 Å². The zero-order chi connectivity index (χ0) is 38.8. The molecule has 4 amide bonds. The van der Waals surface area contributed by atoms with E-state index in [9.17, 15) is 37.5 Å². The number of carbonyl (C=O) groups is 5. The number of nitrogens with one attached hydrogen (secondary N) is 4. The summed E-state index contributed by atoms with van der Waals surface area (Å²) in [4.78, 5) is 64.7. The van der Waals surface area contributed by atoms with Crippen LogP contribution >= 0.6 is 0 Å². The smallest absolute Gasteiger partial charge is 0.410 e. The predicted molar refractivity (Wildman–Crippen MR) is 196 cm³/mol. The molecule has 294 valence electrons. The van der Waals surface area contributed by atoms with Crippen LogP contribution in [0.15, 0.2) is 41.8 Å². The Labute approximate surface area is 312 Å². The minimum atomic E-state index is -4.37. The van der Waals surface area contributed by atoms with E-state index in [1.54, 1.807) is 39.0 Å². The van der Waals surface area contributed by atoms with Crippen molar-refractivity contribution < 1.29 is 47.0 Å². The van der Waals surface area contributed by atoms with Crippen LogP contribution in [0.1, 0.15) is 104 Å². The molecule has 0 radical (unpaired) electrons. The van der Waals surface area contributed by atoms with E-state index in [0.29, 0.717) is 44.5 Å². The molecular weight excluding hydrogens is 706 g/mol. The van der Waals surface area contributed by atoms with Gasteiger partial charge in [-0.3, -0.25) is 14.5 Å². The van der Waals surface area contributed by atoms with Gasteiger partial charge in [-0.25, -0.2) is 27.5 Å². The Morgan fingerprint density at radius 3 is 2.36 bits per heavy atom. The Morgan fingerprint density at radius 1 is 1.02 bits per heavy atom. The summed E-state index contributed by atoms with van der Waals surface area (Å²) in [6, 6.07) is 4.33. The number of para-hydroxylation sites is 1. The quantitative estimate of drug-likeness (QED) is 0.101. The number of aliphatic carboxylic acids is 1. The topological polar surface area (TPSA) is 210 Å². The highest BCUT2D eigenvalue weighted by atomic mass is 32.2. The molecule has 0 aromatic heterocycles. The number of unbranched alkanes of at least 4 members (excludes halogenated alkanes) is 4. The van der Waals surface area contributed by atoms with Crippen molar-refractivity contribution in [2.75, 3.05) is 18.4 Å². The van der Waals surface area contributed by atoms with E-state index in [2.05, 4.69) is 27.3 Å². The van der Waals surface area contributed by atoms with Crippen LogP contribution in [0, 0.1) is 5.92 Å². The maximum atomic E-state index is 13.6. The molecule has 2 saturated carbocycles. The SMILES string of the molecule is C=CC1CC1(NC(=O)[C@@H]1CCCN1C(=O)OC(C)(C)C)C(=O)NS(=O)(=O)c1ccccc1NCCCCCCC[C@H](NC(=O)OC1CCCC1)C(=O)O. The van der Waals surface area contributed by atoms with E-state index in [0.717, 1.165) is 44.9 Å². The maximum absolute atomic E-state index is 13.6. The van der Waals surface area contributed by atoms with Crippen molar-refractivity contribution in [2.24, 2.45) is 5.92 Å². The Morgan fingerprint density at radius 2 is 1.70 bits per heavy atom. The third-order valence-corrected chi connectivity index (χ3v) is 11.2. The number of alkyl carbamates (subject to hydrolysis) is 1. The lowest BCUT2D eigenvalue weighted by Gasteiger charge is -2.29. The molecule has 2 unspecified atom stereocenters. The summed E-state index contributed by atoms with van der Waals surface area (Å²) >= 11 is 0. The molecule has 1 saturated heterocycles. The number of carbonyl (C=O) groups excluding carboxylic acids is 4. The summed E-state index contributed by atoms with van der Waals surface area (Å²) < 4.78 is 40.0. The summed E-state index contributed by atoms with van der Waals surface area (Å²) in [5.74, 6) is -3.06. The van der Waals surface area contributed by atoms with Gasteiger partial charge in [-0.15, -0.1) is 6.58 Å². The first-order valence-electron chi connectivity index (χ1n) is 18.6. The monoisotopic (exact) mass is 761 g/mol. The number of carboxylic acid groups (broad SMARTS) is 1. The van der Waals surface area contributed by atoms with E-state index < -0.39 is 69.1 Å². The summed E-state index contributed by atoms with van der Waals surface area (Å²) in [6.45, 7) is 9.69. The van der Waals surface area contributed by atoms with E-state index in [-0.39, 0.29) is 23.8 Å². The highest BCUT2D eigenvalue weighted by Crippen LogP contribution is 2.45. The molecule has 1 heterocycles. The standard InChI is InChI=1S/C37H55N5O10S/c1-5-25-24-37(25,40-31(43)29-20-15-23-42(29)35(48)52-36(2,3)4)33(46)41-53(49,50)30-21-13-12-18-27(30)38-22-14-8-6-7-9-19-28(32(44)45)39-34(47)51-26-16-10-11-17-26/h5,12-13,18,21,25-26,28-29,38H,1,6-11,14-17,19-20,22-24H2,2-4H3,(H,39,47)(H,40,43)(H,41,46)(H,44,45)/t25?,28-,29-,37?/m0/s1. The molecule has 16 heteroatoms. The molecule has 1 aromatic rings. The number of amides is 4. The second-order valence-corrected chi connectivity index (χ2v) is 16.8. The van der Waals surface area contributed by atoms with Crippen LogP contribution in [0.5, 0.6) is 0 Å². The number of likely N-dealkylation sites (tertiary alicyclic amines) is 1. The van der Waals surface area contributed by atoms with E-state index in [4.69, 9.17) is 9.47 Å². The normalized spacial score (nSPS) is 22.0. The third kappa shape index (κ3) is 11.6. The van der Waals surface area contributed by atoms with Crippen LogP contribution in [-0.2, 0) is 33.9 Å². The van der Waals surface area contributed by atoms with Crippen molar-refractivity contribution in [1.29, 1.82) is 0 Å². The second-order valence-electron chi connectivity index (χ2n) is 15.1. The largest absolute Gasteiger partial charge is 0.480 e. The molecule has 0 bridgehead atoms.